The first kappa shape index (κ1) is 18.3. The van der Waals surface area contributed by atoms with E-state index < -0.39 is 5.97 Å². The van der Waals surface area contributed by atoms with Gasteiger partial charge in [-0.05, 0) is 59.5 Å². The van der Waals surface area contributed by atoms with E-state index >= 15 is 0 Å². The minimum absolute atomic E-state index is 0.160. The molecule has 0 unspecified atom stereocenters. The van der Waals surface area contributed by atoms with E-state index in [0.29, 0.717) is 5.75 Å². The van der Waals surface area contributed by atoms with Crippen molar-refractivity contribution in [1.29, 1.82) is 0 Å². The molecule has 0 saturated heterocycles. The summed E-state index contributed by atoms with van der Waals surface area (Å²) in [5.74, 6) is 0.192. The van der Waals surface area contributed by atoms with Crippen molar-refractivity contribution in [3.8, 4) is 5.75 Å². The highest BCUT2D eigenvalue weighted by Crippen LogP contribution is 2.30. The van der Waals surface area contributed by atoms with Crippen molar-refractivity contribution in [1.82, 2.24) is 0 Å². The van der Waals surface area contributed by atoms with Gasteiger partial charge in [0, 0.05) is 23.4 Å². The first-order valence-electron chi connectivity index (χ1n) is 8.69. The standard InChI is InChI=1S/C23H22N2O2/c1-2-23(26)27-21-13-3-16(4-14-21)15-22(17-5-9-19(24)10-6-17)18-7-11-20(25)12-8-18/h2-14,22H,1,15,24-25H2. The lowest BCUT2D eigenvalue weighted by Gasteiger charge is -2.19. The summed E-state index contributed by atoms with van der Waals surface area (Å²) in [6, 6.07) is 23.4. The Kier molecular flexibility index (Phi) is 5.57. The molecule has 0 radical (unpaired) electrons. The Morgan fingerprint density at radius 1 is 0.852 bits per heavy atom. The fraction of sp³-hybridized carbons (Fsp3) is 0.0870. The average Bonchev–Trinajstić information content (AvgIpc) is 2.69. The Morgan fingerprint density at radius 3 is 1.78 bits per heavy atom. The molecule has 4 nitrogen and oxygen atoms in total. The lowest BCUT2D eigenvalue weighted by atomic mass is 9.86. The smallest absolute Gasteiger partial charge is 0.335 e. The maximum absolute atomic E-state index is 11.3. The zero-order valence-electron chi connectivity index (χ0n) is 15.0. The molecule has 0 aliphatic carbocycles. The lowest BCUT2D eigenvalue weighted by molar-refractivity contribution is -0.128. The molecule has 0 aliphatic rings. The Hall–Kier alpha value is -3.53. The van der Waals surface area contributed by atoms with Crippen LogP contribution in [0.5, 0.6) is 5.75 Å². The summed E-state index contributed by atoms with van der Waals surface area (Å²) in [7, 11) is 0. The van der Waals surface area contributed by atoms with Gasteiger partial charge in [0.15, 0.2) is 0 Å². The Bertz CT molecular complexity index is 869. The number of esters is 1. The molecule has 0 atom stereocenters. The number of benzene rings is 3. The van der Waals surface area contributed by atoms with E-state index in [1.165, 1.54) is 11.1 Å². The van der Waals surface area contributed by atoms with Crippen molar-refractivity contribution in [2.75, 3.05) is 11.5 Å². The Morgan fingerprint density at radius 2 is 1.33 bits per heavy atom. The van der Waals surface area contributed by atoms with Gasteiger partial charge in [-0.2, -0.15) is 0 Å². The molecule has 136 valence electrons. The van der Waals surface area contributed by atoms with Gasteiger partial charge >= 0.3 is 5.97 Å². The van der Waals surface area contributed by atoms with Gasteiger partial charge in [0.1, 0.15) is 5.75 Å². The highest BCUT2D eigenvalue weighted by molar-refractivity contribution is 5.83. The van der Waals surface area contributed by atoms with Crippen LogP contribution in [-0.4, -0.2) is 5.97 Å². The van der Waals surface area contributed by atoms with Crippen LogP contribution in [0.1, 0.15) is 22.6 Å². The zero-order chi connectivity index (χ0) is 19.2. The first-order chi connectivity index (χ1) is 13.0. The summed E-state index contributed by atoms with van der Waals surface area (Å²) in [5.41, 5.74) is 16.6. The van der Waals surface area contributed by atoms with E-state index in [0.717, 1.165) is 29.4 Å². The van der Waals surface area contributed by atoms with Crippen LogP contribution in [0.2, 0.25) is 0 Å². The highest BCUT2D eigenvalue weighted by Gasteiger charge is 2.15. The molecular weight excluding hydrogens is 336 g/mol. The molecule has 0 saturated carbocycles. The van der Waals surface area contributed by atoms with Crippen LogP contribution in [0.3, 0.4) is 0 Å². The van der Waals surface area contributed by atoms with Crippen molar-refractivity contribution in [3.63, 3.8) is 0 Å². The maximum Gasteiger partial charge on any atom is 0.335 e. The van der Waals surface area contributed by atoms with Gasteiger partial charge in [-0.15, -0.1) is 0 Å². The molecule has 3 rings (SSSR count). The highest BCUT2D eigenvalue weighted by atomic mass is 16.5. The van der Waals surface area contributed by atoms with Crippen molar-refractivity contribution in [3.05, 3.63) is 102 Å². The third kappa shape index (κ3) is 4.76. The molecule has 4 heteroatoms. The molecule has 0 spiro atoms. The SMILES string of the molecule is C=CC(=O)Oc1ccc(CC(c2ccc(N)cc2)c2ccc(N)cc2)cc1. The van der Waals surface area contributed by atoms with Gasteiger partial charge in [0.2, 0.25) is 0 Å². The van der Waals surface area contributed by atoms with E-state index in [9.17, 15) is 4.79 Å². The largest absolute Gasteiger partial charge is 0.423 e. The number of hydrogen-bond acceptors (Lipinski definition) is 4. The number of nitrogens with two attached hydrogens (primary N) is 2. The molecule has 0 aliphatic heterocycles. The fourth-order valence-corrected chi connectivity index (χ4v) is 2.97. The molecule has 0 bridgehead atoms. The second-order valence-corrected chi connectivity index (χ2v) is 6.36. The Labute approximate surface area is 159 Å². The van der Waals surface area contributed by atoms with E-state index in [4.69, 9.17) is 16.2 Å². The molecule has 0 amide bonds. The van der Waals surface area contributed by atoms with Crippen LogP contribution < -0.4 is 16.2 Å². The van der Waals surface area contributed by atoms with Crippen molar-refractivity contribution < 1.29 is 9.53 Å². The predicted molar refractivity (Wildman–Crippen MR) is 110 cm³/mol. The van der Waals surface area contributed by atoms with Crippen molar-refractivity contribution >= 4 is 17.3 Å². The number of rotatable bonds is 6. The lowest BCUT2D eigenvalue weighted by Crippen LogP contribution is -2.06. The predicted octanol–water partition coefficient (Wildman–Crippen LogP) is 4.32. The monoisotopic (exact) mass is 358 g/mol. The van der Waals surface area contributed by atoms with Gasteiger partial charge in [0.05, 0.1) is 0 Å². The number of carbonyl (C=O) groups is 1. The van der Waals surface area contributed by atoms with Gasteiger partial charge in [-0.1, -0.05) is 43.0 Å². The molecule has 0 aromatic heterocycles. The number of hydrogen-bond donors (Lipinski definition) is 2. The second-order valence-electron chi connectivity index (χ2n) is 6.36. The third-order valence-electron chi connectivity index (χ3n) is 4.43. The van der Waals surface area contributed by atoms with Crippen LogP contribution in [-0.2, 0) is 11.2 Å². The van der Waals surface area contributed by atoms with Gasteiger partial charge in [-0.3, -0.25) is 0 Å². The molecule has 4 N–H and O–H groups in total. The van der Waals surface area contributed by atoms with Crippen LogP contribution >= 0.6 is 0 Å². The molecule has 3 aromatic rings. The van der Waals surface area contributed by atoms with Crippen LogP contribution in [0, 0.1) is 0 Å². The average molecular weight is 358 g/mol. The van der Waals surface area contributed by atoms with E-state index in [-0.39, 0.29) is 5.92 Å². The minimum atomic E-state index is -0.468. The van der Waals surface area contributed by atoms with Gasteiger partial charge in [0.25, 0.3) is 0 Å². The van der Waals surface area contributed by atoms with Crippen LogP contribution in [0.4, 0.5) is 11.4 Å². The first-order valence-corrected chi connectivity index (χ1v) is 8.69. The summed E-state index contributed by atoms with van der Waals surface area (Å²) >= 11 is 0. The van der Waals surface area contributed by atoms with E-state index in [1.807, 2.05) is 36.4 Å². The maximum atomic E-state index is 11.3. The number of nitrogen functional groups attached to an aromatic ring is 2. The van der Waals surface area contributed by atoms with Crippen molar-refractivity contribution in [2.24, 2.45) is 0 Å². The Balaban J connectivity index is 1.87. The molecular formula is C23H22N2O2. The van der Waals surface area contributed by atoms with Crippen LogP contribution in [0.15, 0.2) is 85.5 Å². The number of carbonyl (C=O) groups excluding carboxylic acids is 1. The zero-order valence-corrected chi connectivity index (χ0v) is 15.0. The van der Waals surface area contributed by atoms with E-state index in [2.05, 4.69) is 30.8 Å². The molecule has 0 heterocycles. The van der Waals surface area contributed by atoms with Crippen LogP contribution in [0.25, 0.3) is 0 Å². The quantitative estimate of drug-likeness (QED) is 0.298. The fourth-order valence-electron chi connectivity index (χ4n) is 2.97. The van der Waals surface area contributed by atoms with Gasteiger partial charge in [-0.25, -0.2) is 4.79 Å². The van der Waals surface area contributed by atoms with Gasteiger partial charge < -0.3 is 16.2 Å². The summed E-state index contributed by atoms with van der Waals surface area (Å²) in [6.07, 6.45) is 1.94. The summed E-state index contributed by atoms with van der Waals surface area (Å²) in [5, 5.41) is 0. The number of ether oxygens (including phenoxy) is 1. The second kappa shape index (κ2) is 8.23. The molecule has 27 heavy (non-hydrogen) atoms. The van der Waals surface area contributed by atoms with E-state index in [1.54, 1.807) is 12.1 Å². The molecule has 3 aromatic carbocycles. The summed E-state index contributed by atoms with van der Waals surface area (Å²) in [6.45, 7) is 3.40. The topological polar surface area (TPSA) is 78.3 Å². The minimum Gasteiger partial charge on any atom is -0.423 e. The van der Waals surface area contributed by atoms with Crippen molar-refractivity contribution in [2.45, 2.75) is 12.3 Å². The number of anilines is 2. The third-order valence-corrected chi connectivity index (χ3v) is 4.43. The normalized spacial score (nSPS) is 10.6. The summed E-state index contributed by atoms with van der Waals surface area (Å²) < 4.78 is 5.13. The summed E-state index contributed by atoms with van der Waals surface area (Å²) in [4.78, 5) is 11.3. The molecule has 0 fully saturated rings.